The maximum atomic E-state index is 13.5. The number of halogens is 1. The molecule has 2 aromatic rings. The van der Waals surface area contributed by atoms with E-state index in [-0.39, 0.29) is 30.5 Å². The number of methoxy groups -OCH3 is 1. The Kier molecular flexibility index (Phi) is 5.65. The predicted octanol–water partition coefficient (Wildman–Crippen LogP) is 2.87. The van der Waals surface area contributed by atoms with Crippen molar-refractivity contribution in [1.29, 1.82) is 0 Å². The van der Waals surface area contributed by atoms with Gasteiger partial charge < -0.3 is 15.0 Å². The summed E-state index contributed by atoms with van der Waals surface area (Å²) in [5.74, 6) is -2.31. The topological polar surface area (TPSA) is 102 Å². The molecule has 0 spiro atoms. The highest BCUT2D eigenvalue weighted by Crippen LogP contribution is 2.30. The van der Waals surface area contributed by atoms with Gasteiger partial charge in [-0.05, 0) is 18.2 Å². The second-order valence-corrected chi connectivity index (χ2v) is 6.38. The fourth-order valence-electron chi connectivity index (χ4n) is 3.10. The van der Waals surface area contributed by atoms with E-state index in [2.05, 4.69) is 5.32 Å². The average Bonchev–Trinajstić information content (AvgIpc) is 3.05. The second kappa shape index (κ2) is 8.13. The third-order valence-corrected chi connectivity index (χ3v) is 4.51. The molecule has 9 heteroatoms. The second-order valence-electron chi connectivity index (χ2n) is 6.38. The summed E-state index contributed by atoms with van der Waals surface area (Å²) in [6.45, 7) is 0.380. The number of carbonyl (C=O) groups excluding carboxylic acids is 2. The first kappa shape index (κ1) is 19.4. The third kappa shape index (κ3) is 3.99. The SMILES string of the molecule is COCc1ccccc1NC(=O)C1CC(=O)N(c2ccc(F)c([N+](=O)[O-])c2)C1. The highest BCUT2D eigenvalue weighted by Gasteiger charge is 2.36. The number of hydrogen-bond acceptors (Lipinski definition) is 5. The van der Waals surface area contributed by atoms with Crippen molar-refractivity contribution >= 4 is 28.9 Å². The van der Waals surface area contributed by atoms with Gasteiger partial charge in [0.1, 0.15) is 0 Å². The molecule has 8 nitrogen and oxygen atoms in total. The van der Waals surface area contributed by atoms with Crippen LogP contribution in [0.2, 0.25) is 0 Å². The van der Waals surface area contributed by atoms with Gasteiger partial charge in [0.05, 0.1) is 23.1 Å². The first-order chi connectivity index (χ1) is 13.4. The lowest BCUT2D eigenvalue weighted by molar-refractivity contribution is -0.387. The van der Waals surface area contributed by atoms with Crippen LogP contribution in [-0.4, -0.2) is 30.4 Å². The van der Waals surface area contributed by atoms with Crippen molar-refractivity contribution in [3.63, 3.8) is 0 Å². The van der Waals surface area contributed by atoms with Gasteiger partial charge in [-0.1, -0.05) is 18.2 Å². The number of amides is 2. The average molecular weight is 387 g/mol. The monoisotopic (exact) mass is 387 g/mol. The third-order valence-electron chi connectivity index (χ3n) is 4.51. The van der Waals surface area contributed by atoms with Crippen LogP contribution in [0.1, 0.15) is 12.0 Å². The van der Waals surface area contributed by atoms with Gasteiger partial charge in [-0.25, -0.2) is 0 Å². The molecule has 146 valence electrons. The normalized spacial score (nSPS) is 16.3. The molecule has 3 rings (SSSR count). The van der Waals surface area contributed by atoms with E-state index >= 15 is 0 Å². The summed E-state index contributed by atoms with van der Waals surface area (Å²) in [5, 5.41) is 13.7. The number of carbonyl (C=O) groups is 2. The van der Waals surface area contributed by atoms with E-state index in [1.54, 1.807) is 19.2 Å². The predicted molar refractivity (Wildman–Crippen MR) is 99.3 cm³/mol. The molecule has 1 heterocycles. The lowest BCUT2D eigenvalue weighted by atomic mass is 10.1. The van der Waals surface area contributed by atoms with Crippen molar-refractivity contribution in [3.8, 4) is 0 Å². The Balaban J connectivity index is 1.75. The van der Waals surface area contributed by atoms with Crippen LogP contribution in [0.3, 0.4) is 0 Å². The van der Waals surface area contributed by atoms with Gasteiger partial charge in [-0.15, -0.1) is 0 Å². The first-order valence-corrected chi connectivity index (χ1v) is 8.52. The molecule has 0 aromatic heterocycles. The highest BCUT2D eigenvalue weighted by molar-refractivity contribution is 6.03. The number of nitrogens with one attached hydrogen (secondary N) is 1. The standard InChI is InChI=1S/C19H18FN3O5/c1-28-11-12-4-2-3-5-16(12)21-19(25)13-8-18(24)22(10-13)14-6-7-15(20)17(9-14)23(26)27/h2-7,9,13H,8,10-11H2,1H3,(H,21,25). The van der Waals surface area contributed by atoms with Gasteiger partial charge in [0.2, 0.25) is 17.6 Å². The lowest BCUT2D eigenvalue weighted by Crippen LogP contribution is -2.28. The van der Waals surface area contributed by atoms with Gasteiger partial charge in [0.25, 0.3) is 0 Å². The zero-order valence-corrected chi connectivity index (χ0v) is 15.1. The molecule has 0 bridgehead atoms. The van der Waals surface area contributed by atoms with E-state index in [1.807, 2.05) is 12.1 Å². The van der Waals surface area contributed by atoms with Crippen molar-refractivity contribution in [2.75, 3.05) is 23.9 Å². The molecule has 1 unspecified atom stereocenters. The van der Waals surface area contributed by atoms with Crippen LogP contribution in [0.25, 0.3) is 0 Å². The molecule has 1 aliphatic rings. The molecule has 1 atom stereocenters. The van der Waals surface area contributed by atoms with Crippen LogP contribution in [0.15, 0.2) is 42.5 Å². The highest BCUT2D eigenvalue weighted by atomic mass is 19.1. The van der Waals surface area contributed by atoms with E-state index in [9.17, 15) is 24.1 Å². The van der Waals surface area contributed by atoms with Crippen molar-refractivity contribution in [2.24, 2.45) is 5.92 Å². The number of para-hydroxylation sites is 1. The molecular weight excluding hydrogens is 369 g/mol. The van der Waals surface area contributed by atoms with E-state index in [1.165, 1.54) is 11.0 Å². The van der Waals surface area contributed by atoms with E-state index in [4.69, 9.17) is 4.74 Å². The van der Waals surface area contributed by atoms with Crippen molar-refractivity contribution in [1.82, 2.24) is 0 Å². The molecule has 0 radical (unpaired) electrons. The number of hydrogen-bond donors (Lipinski definition) is 1. The molecule has 1 N–H and O–H groups in total. The molecule has 1 aliphatic heterocycles. The number of nitro benzene ring substituents is 1. The molecule has 1 saturated heterocycles. The van der Waals surface area contributed by atoms with Crippen LogP contribution in [0.4, 0.5) is 21.5 Å². The summed E-state index contributed by atoms with van der Waals surface area (Å²) in [6, 6.07) is 10.4. The lowest BCUT2D eigenvalue weighted by Gasteiger charge is -2.17. The summed E-state index contributed by atoms with van der Waals surface area (Å²) in [7, 11) is 1.55. The van der Waals surface area contributed by atoms with E-state index in [0.717, 1.165) is 17.7 Å². The molecule has 0 saturated carbocycles. The minimum absolute atomic E-state index is 0.0382. The first-order valence-electron chi connectivity index (χ1n) is 8.52. The van der Waals surface area contributed by atoms with E-state index < -0.39 is 22.3 Å². The van der Waals surface area contributed by atoms with Gasteiger partial charge in [-0.2, -0.15) is 4.39 Å². The van der Waals surface area contributed by atoms with Crippen LogP contribution >= 0.6 is 0 Å². The molecule has 0 aliphatic carbocycles. The Hall–Kier alpha value is -3.33. The zero-order chi connectivity index (χ0) is 20.3. The van der Waals surface area contributed by atoms with Crippen LogP contribution in [0, 0.1) is 21.8 Å². The molecule has 2 aromatic carbocycles. The van der Waals surface area contributed by atoms with Crippen molar-refractivity contribution < 1.29 is 23.6 Å². The maximum absolute atomic E-state index is 13.5. The smallest absolute Gasteiger partial charge is 0.306 e. The summed E-state index contributed by atoms with van der Waals surface area (Å²) >= 11 is 0. The minimum Gasteiger partial charge on any atom is -0.380 e. The number of nitrogens with zero attached hydrogens (tertiary/aromatic N) is 2. The molecular formula is C19H18FN3O5. The number of anilines is 2. The molecule has 1 fully saturated rings. The van der Waals surface area contributed by atoms with Crippen LogP contribution < -0.4 is 10.2 Å². The quantitative estimate of drug-likeness (QED) is 0.607. The zero-order valence-electron chi connectivity index (χ0n) is 15.1. The Morgan fingerprint density at radius 3 is 2.82 bits per heavy atom. The number of rotatable bonds is 6. The van der Waals surface area contributed by atoms with Crippen molar-refractivity contribution in [2.45, 2.75) is 13.0 Å². The fraction of sp³-hybridized carbons (Fsp3) is 0.263. The summed E-state index contributed by atoms with van der Waals surface area (Å²) in [5.41, 5.74) is 0.867. The number of nitro groups is 1. The Bertz CT molecular complexity index is 934. The summed E-state index contributed by atoms with van der Waals surface area (Å²) in [6.07, 6.45) is -0.0382. The Labute approximate surface area is 160 Å². The van der Waals surface area contributed by atoms with E-state index in [0.29, 0.717) is 12.3 Å². The van der Waals surface area contributed by atoms with Crippen LogP contribution in [0.5, 0.6) is 0 Å². The Morgan fingerprint density at radius 1 is 1.36 bits per heavy atom. The van der Waals surface area contributed by atoms with Gasteiger partial charge in [0.15, 0.2) is 0 Å². The van der Waals surface area contributed by atoms with Gasteiger partial charge in [0, 0.05) is 37.4 Å². The Morgan fingerprint density at radius 2 is 2.11 bits per heavy atom. The van der Waals surface area contributed by atoms with Gasteiger partial charge >= 0.3 is 5.69 Å². The number of benzene rings is 2. The van der Waals surface area contributed by atoms with Crippen LogP contribution in [-0.2, 0) is 20.9 Å². The largest absolute Gasteiger partial charge is 0.380 e. The summed E-state index contributed by atoms with van der Waals surface area (Å²) in [4.78, 5) is 36.3. The number of ether oxygens (including phenoxy) is 1. The minimum atomic E-state index is -0.982. The van der Waals surface area contributed by atoms with Gasteiger partial charge in [-0.3, -0.25) is 19.7 Å². The van der Waals surface area contributed by atoms with Crippen molar-refractivity contribution in [3.05, 3.63) is 64.0 Å². The maximum Gasteiger partial charge on any atom is 0.306 e. The molecule has 28 heavy (non-hydrogen) atoms. The fourth-order valence-corrected chi connectivity index (χ4v) is 3.10. The summed E-state index contributed by atoms with van der Waals surface area (Å²) < 4.78 is 18.6. The molecule has 2 amide bonds.